The second-order valence-electron chi connectivity index (χ2n) is 7.79. The molecule has 1 N–H and O–H groups in total. The highest BCUT2D eigenvalue weighted by Gasteiger charge is 2.32. The van der Waals surface area contributed by atoms with Gasteiger partial charge in [-0.1, -0.05) is 23.7 Å². The van der Waals surface area contributed by atoms with E-state index in [1.807, 2.05) is 0 Å². The minimum atomic E-state index is -3.98. The Balaban J connectivity index is 1.86. The summed E-state index contributed by atoms with van der Waals surface area (Å²) >= 11 is 7.31. The topological polar surface area (TPSA) is 106 Å². The quantitative estimate of drug-likeness (QED) is 0.478. The van der Waals surface area contributed by atoms with Gasteiger partial charge in [-0.05, 0) is 71.8 Å². The molecule has 3 aromatic rings. The third kappa shape index (κ3) is 4.76. The molecule has 0 spiro atoms. The van der Waals surface area contributed by atoms with E-state index in [1.165, 1.54) is 35.6 Å². The third-order valence-corrected chi connectivity index (χ3v) is 9.39. The molecule has 1 fully saturated rings. The maximum atomic E-state index is 13.5. The summed E-state index contributed by atoms with van der Waals surface area (Å²) in [5.41, 5.74) is 1.38. The van der Waals surface area contributed by atoms with Crippen LogP contribution in [0, 0.1) is 0 Å². The van der Waals surface area contributed by atoms with Crippen molar-refractivity contribution in [2.24, 2.45) is 0 Å². The fourth-order valence-electron chi connectivity index (χ4n) is 3.57. The molecule has 1 aromatic heterocycles. The number of halogens is 1. The number of benzene rings is 2. The first-order chi connectivity index (χ1) is 15.0. The summed E-state index contributed by atoms with van der Waals surface area (Å²) in [6.07, 6.45) is 2.75. The molecule has 1 heterocycles. The highest BCUT2D eigenvalue weighted by molar-refractivity contribution is 7.91. The summed E-state index contributed by atoms with van der Waals surface area (Å²) in [4.78, 5) is 12.2. The number of carboxylic acids is 1. The van der Waals surface area contributed by atoms with E-state index in [0.717, 1.165) is 19.1 Å². The van der Waals surface area contributed by atoms with Crippen LogP contribution in [0.15, 0.2) is 58.3 Å². The molecule has 10 heteroatoms. The van der Waals surface area contributed by atoms with E-state index in [4.69, 9.17) is 11.6 Å². The van der Waals surface area contributed by atoms with Gasteiger partial charge >= 0.3 is 5.97 Å². The van der Waals surface area contributed by atoms with E-state index in [-0.39, 0.29) is 21.3 Å². The molecule has 0 saturated heterocycles. The van der Waals surface area contributed by atoms with E-state index in [2.05, 4.69) is 0 Å². The Morgan fingerprint density at radius 1 is 1.06 bits per heavy atom. The zero-order valence-electron chi connectivity index (χ0n) is 16.9. The predicted octanol–water partition coefficient (Wildman–Crippen LogP) is 5.02. The monoisotopic (exact) mass is 510 g/mol. The van der Waals surface area contributed by atoms with Crippen molar-refractivity contribution in [3.8, 4) is 10.4 Å². The first-order valence-electron chi connectivity index (χ1n) is 9.64. The molecular formula is C22H19ClO6S3. The van der Waals surface area contributed by atoms with Crippen LogP contribution < -0.4 is 0 Å². The van der Waals surface area contributed by atoms with Crippen LogP contribution in [-0.2, 0) is 25.4 Å². The Hall–Kier alpha value is -2.20. The van der Waals surface area contributed by atoms with Crippen molar-refractivity contribution in [1.82, 2.24) is 0 Å². The second-order valence-corrected chi connectivity index (χ2v) is 13.5. The van der Waals surface area contributed by atoms with Crippen molar-refractivity contribution in [2.45, 2.75) is 34.3 Å². The minimum Gasteiger partial charge on any atom is -0.478 e. The van der Waals surface area contributed by atoms with Crippen LogP contribution in [-0.4, -0.2) is 34.2 Å². The van der Waals surface area contributed by atoms with Gasteiger partial charge in [0.25, 0.3) is 0 Å². The Kier molecular flexibility index (Phi) is 5.96. The van der Waals surface area contributed by atoms with E-state index in [9.17, 15) is 26.7 Å². The van der Waals surface area contributed by atoms with Crippen LogP contribution in [0.25, 0.3) is 10.4 Å². The predicted molar refractivity (Wildman–Crippen MR) is 124 cm³/mol. The van der Waals surface area contributed by atoms with E-state index in [1.54, 1.807) is 24.3 Å². The highest BCUT2D eigenvalue weighted by Crippen LogP contribution is 2.44. The average molecular weight is 511 g/mol. The second kappa shape index (κ2) is 8.30. The van der Waals surface area contributed by atoms with Crippen molar-refractivity contribution < 1.29 is 26.7 Å². The Labute approximate surface area is 195 Å². The summed E-state index contributed by atoms with van der Waals surface area (Å²) in [7, 11) is -7.54. The molecule has 1 aliphatic carbocycles. The standard InChI is InChI=1S/C22H19ClO6S3/c1-31(26,27)16-5-7-17(19-8-9-21(23)30-19)15(10-16)12-32(28,29)20-11-14(22(24)25)4-6-18(20)13-2-3-13/h4-11,13H,2-3,12H2,1H3,(H,24,25). The Bertz CT molecular complexity index is 1430. The van der Waals surface area contributed by atoms with Gasteiger partial charge in [-0.25, -0.2) is 21.6 Å². The fourth-order valence-corrected chi connectivity index (χ4v) is 7.05. The largest absolute Gasteiger partial charge is 0.478 e. The third-order valence-electron chi connectivity index (χ3n) is 5.30. The SMILES string of the molecule is CS(=O)(=O)c1ccc(-c2ccc(Cl)s2)c(CS(=O)(=O)c2cc(C(=O)O)ccc2C2CC2)c1. The minimum absolute atomic E-state index is 0.0100. The van der Waals surface area contributed by atoms with Gasteiger partial charge in [0, 0.05) is 11.1 Å². The molecule has 1 aliphatic rings. The van der Waals surface area contributed by atoms with Crippen LogP contribution >= 0.6 is 22.9 Å². The van der Waals surface area contributed by atoms with Gasteiger partial charge in [-0.15, -0.1) is 11.3 Å². The van der Waals surface area contributed by atoms with Gasteiger partial charge in [-0.3, -0.25) is 0 Å². The highest BCUT2D eigenvalue weighted by atomic mass is 35.5. The lowest BCUT2D eigenvalue weighted by atomic mass is 10.1. The molecule has 4 rings (SSSR count). The zero-order valence-corrected chi connectivity index (χ0v) is 20.1. The lowest BCUT2D eigenvalue weighted by Crippen LogP contribution is -2.11. The summed E-state index contributed by atoms with van der Waals surface area (Å²) < 4.78 is 51.8. The molecule has 1 saturated carbocycles. The number of aromatic carboxylic acids is 1. The van der Waals surface area contributed by atoms with E-state index < -0.39 is 31.4 Å². The maximum Gasteiger partial charge on any atom is 0.335 e. The summed E-state index contributed by atoms with van der Waals surface area (Å²) in [5, 5.41) is 9.36. The van der Waals surface area contributed by atoms with Crippen molar-refractivity contribution in [3.05, 3.63) is 69.6 Å². The summed E-state index contributed by atoms with van der Waals surface area (Å²) in [6, 6.07) is 12.0. The number of carbonyl (C=O) groups is 1. The van der Waals surface area contributed by atoms with Crippen LogP contribution in [0.3, 0.4) is 0 Å². The first kappa shape index (κ1) is 23.0. The van der Waals surface area contributed by atoms with Gasteiger partial charge in [0.15, 0.2) is 19.7 Å². The number of rotatable bonds is 7. The summed E-state index contributed by atoms with van der Waals surface area (Å²) in [5.74, 6) is -1.60. The van der Waals surface area contributed by atoms with Crippen LogP contribution in [0.4, 0.5) is 0 Å². The smallest absolute Gasteiger partial charge is 0.335 e. The van der Waals surface area contributed by atoms with Gasteiger partial charge in [0.2, 0.25) is 0 Å². The molecule has 0 radical (unpaired) electrons. The molecule has 32 heavy (non-hydrogen) atoms. The van der Waals surface area contributed by atoms with Crippen molar-refractivity contribution in [2.75, 3.05) is 6.26 Å². The Morgan fingerprint density at radius 3 is 2.34 bits per heavy atom. The Morgan fingerprint density at radius 2 is 1.78 bits per heavy atom. The van der Waals surface area contributed by atoms with Crippen molar-refractivity contribution in [3.63, 3.8) is 0 Å². The number of hydrogen-bond acceptors (Lipinski definition) is 6. The van der Waals surface area contributed by atoms with Crippen LogP contribution in [0.1, 0.15) is 40.2 Å². The lowest BCUT2D eigenvalue weighted by Gasteiger charge is -2.14. The van der Waals surface area contributed by atoms with Gasteiger partial charge < -0.3 is 5.11 Å². The fraction of sp³-hybridized carbons (Fsp3) is 0.227. The first-order valence-corrected chi connectivity index (χ1v) is 14.4. The van der Waals surface area contributed by atoms with Crippen molar-refractivity contribution >= 4 is 48.6 Å². The maximum absolute atomic E-state index is 13.5. The van der Waals surface area contributed by atoms with E-state index in [0.29, 0.717) is 25.9 Å². The molecule has 0 bridgehead atoms. The van der Waals surface area contributed by atoms with Crippen LogP contribution in [0.5, 0.6) is 0 Å². The normalized spacial score (nSPS) is 14.4. The average Bonchev–Trinajstić information content (AvgIpc) is 3.47. The molecule has 0 amide bonds. The summed E-state index contributed by atoms with van der Waals surface area (Å²) in [6.45, 7) is 0. The van der Waals surface area contributed by atoms with Crippen molar-refractivity contribution in [1.29, 1.82) is 0 Å². The lowest BCUT2D eigenvalue weighted by molar-refractivity contribution is 0.0696. The molecule has 2 aromatic carbocycles. The molecular weight excluding hydrogens is 492 g/mol. The molecule has 168 valence electrons. The number of hydrogen-bond donors (Lipinski definition) is 1. The molecule has 0 atom stereocenters. The van der Waals surface area contributed by atoms with Crippen LogP contribution in [0.2, 0.25) is 4.34 Å². The number of thiophene rings is 1. The van der Waals surface area contributed by atoms with Gasteiger partial charge in [-0.2, -0.15) is 0 Å². The zero-order chi connectivity index (χ0) is 23.3. The number of carboxylic acid groups (broad SMARTS) is 1. The van der Waals surface area contributed by atoms with Gasteiger partial charge in [0.1, 0.15) is 0 Å². The molecule has 0 aliphatic heterocycles. The number of sulfone groups is 2. The molecule has 0 unspecified atom stereocenters. The van der Waals surface area contributed by atoms with E-state index >= 15 is 0 Å². The molecule has 6 nitrogen and oxygen atoms in total. The van der Waals surface area contributed by atoms with Gasteiger partial charge in [0.05, 0.1) is 25.4 Å².